The first kappa shape index (κ1) is 14.9. The molecule has 2 heterocycles. The number of amides is 1. The maximum atomic E-state index is 12.3. The number of hydrogen-bond donors (Lipinski definition) is 1. The number of morpholine rings is 1. The van der Waals surface area contributed by atoms with E-state index in [0.717, 1.165) is 5.69 Å². The standard InChI is InChI=1S/C16H15N5O2/c17-11-12-2-1-3-13(10-12)18-15-5-4-14(19-20-15)16(22)21-6-8-23-9-7-21/h1-5,10H,6-9H2,(H,18,20). The van der Waals surface area contributed by atoms with E-state index in [-0.39, 0.29) is 5.91 Å². The number of ether oxygens (including phenoxy) is 1. The van der Waals surface area contributed by atoms with Crippen LogP contribution in [0.25, 0.3) is 0 Å². The Bertz CT molecular complexity index is 733. The topological polar surface area (TPSA) is 91.1 Å². The lowest BCUT2D eigenvalue weighted by atomic mass is 10.2. The molecule has 1 saturated heterocycles. The summed E-state index contributed by atoms with van der Waals surface area (Å²) in [6.07, 6.45) is 0. The first-order chi connectivity index (χ1) is 11.3. The van der Waals surface area contributed by atoms with Crippen molar-refractivity contribution in [3.8, 4) is 6.07 Å². The molecule has 7 heteroatoms. The minimum absolute atomic E-state index is 0.140. The van der Waals surface area contributed by atoms with Crippen LogP contribution in [-0.4, -0.2) is 47.3 Å². The number of anilines is 2. The van der Waals surface area contributed by atoms with Crippen molar-refractivity contribution in [3.05, 3.63) is 47.7 Å². The fourth-order valence-electron chi connectivity index (χ4n) is 2.26. The number of benzene rings is 1. The largest absolute Gasteiger partial charge is 0.378 e. The molecule has 7 nitrogen and oxygen atoms in total. The molecule has 1 aromatic heterocycles. The predicted octanol–water partition coefficient (Wildman–Crippen LogP) is 1.56. The van der Waals surface area contributed by atoms with Gasteiger partial charge in [0, 0.05) is 18.8 Å². The van der Waals surface area contributed by atoms with Gasteiger partial charge in [0.15, 0.2) is 11.5 Å². The first-order valence-electron chi connectivity index (χ1n) is 7.24. The van der Waals surface area contributed by atoms with Crippen molar-refractivity contribution < 1.29 is 9.53 Å². The maximum Gasteiger partial charge on any atom is 0.274 e. The van der Waals surface area contributed by atoms with E-state index >= 15 is 0 Å². The molecule has 2 aromatic rings. The highest BCUT2D eigenvalue weighted by atomic mass is 16.5. The second-order valence-corrected chi connectivity index (χ2v) is 5.03. The Morgan fingerprint density at radius 2 is 2.04 bits per heavy atom. The number of carbonyl (C=O) groups excluding carboxylic acids is 1. The highest BCUT2D eigenvalue weighted by Gasteiger charge is 2.19. The minimum Gasteiger partial charge on any atom is -0.378 e. The summed E-state index contributed by atoms with van der Waals surface area (Å²) in [5, 5.41) is 20.0. The van der Waals surface area contributed by atoms with Gasteiger partial charge in [0.25, 0.3) is 5.91 Å². The van der Waals surface area contributed by atoms with Gasteiger partial charge in [0.05, 0.1) is 24.8 Å². The molecule has 0 saturated carbocycles. The van der Waals surface area contributed by atoms with Crippen LogP contribution in [0.1, 0.15) is 16.1 Å². The SMILES string of the molecule is N#Cc1cccc(Nc2ccc(C(=O)N3CCOCC3)nn2)c1. The van der Waals surface area contributed by atoms with Crippen LogP contribution in [0.3, 0.4) is 0 Å². The van der Waals surface area contributed by atoms with Gasteiger partial charge in [0.1, 0.15) is 0 Å². The van der Waals surface area contributed by atoms with Crippen molar-refractivity contribution in [2.75, 3.05) is 31.6 Å². The zero-order valence-electron chi connectivity index (χ0n) is 12.4. The Hall–Kier alpha value is -2.98. The van der Waals surface area contributed by atoms with Crippen LogP contribution in [0.2, 0.25) is 0 Å². The zero-order valence-corrected chi connectivity index (χ0v) is 12.4. The summed E-state index contributed by atoms with van der Waals surface area (Å²) >= 11 is 0. The Morgan fingerprint density at radius 3 is 2.74 bits per heavy atom. The van der Waals surface area contributed by atoms with E-state index in [2.05, 4.69) is 21.6 Å². The van der Waals surface area contributed by atoms with Crippen LogP contribution in [0.4, 0.5) is 11.5 Å². The second kappa shape index (κ2) is 6.85. The Balaban J connectivity index is 1.69. The molecular formula is C16H15N5O2. The van der Waals surface area contributed by atoms with Gasteiger partial charge in [-0.1, -0.05) is 6.07 Å². The Morgan fingerprint density at radius 1 is 1.22 bits per heavy atom. The molecule has 1 aliphatic heterocycles. The van der Waals surface area contributed by atoms with Gasteiger partial charge in [-0.25, -0.2) is 0 Å². The van der Waals surface area contributed by atoms with Crippen molar-refractivity contribution in [1.29, 1.82) is 5.26 Å². The van der Waals surface area contributed by atoms with Crippen LogP contribution >= 0.6 is 0 Å². The summed E-state index contributed by atoms with van der Waals surface area (Å²) in [6, 6.07) is 12.5. The lowest BCUT2D eigenvalue weighted by Crippen LogP contribution is -2.41. The third-order valence-electron chi connectivity index (χ3n) is 3.45. The molecule has 23 heavy (non-hydrogen) atoms. The van der Waals surface area contributed by atoms with E-state index in [9.17, 15) is 4.79 Å². The quantitative estimate of drug-likeness (QED) is 0.925. The van der Waals surface area contributed by atoms with Crippen molar-refractivity contribution in [3.63, 3.8) is 0 Å². The molecule has 1 aliphatic rings. The maximum absolute atomic E-state index is 12.3. The van der Waals surface area contributed by atoms with E-state index in [4.69, 9.17) is 10.00 Å². The summed E-state index contributed by atoms with van der Waals surface area (Å²) < 4.78 is 5.23. The highest BCUT2D eigenvalue weighted by molar-refractivity contribution is 5.92. The number of rotatable bonds is 3. The van der Waals surface area contributed by atoms with Crippen molar-refractivity contribution in [1.82, 2.24) is 15.1 Å². The van der Waals surface area contributed by atoms with E-state index < -0.39 is 0 Å². The zero-order chi connectivity index (χ0) is 16.1. The fraction of sp³-hybridized carbons (Fsp3) is 0.250. The lowest BCUT2D eigenvalue weighted by molar-refractivity contribution is 0.0298. The van der Waals surface area contributed by atoms with Gasteiger partial charge >= 0.3 is 0 Å². The smallest absolute Gasteiger partial charge is 0.274 e. The van der Waals surface area contributed by atoms with E-state index in [1.165, 1.54) is 0 Å². The van der Waals surface area contributed by atoms with E-state index in [1.54, 1.807) is 35.2 Å². The normalized spacial score (nSPS) is 14.1. The van der Waals surface area contributed by atoms with Gasteiger partial charge in [0.2, 0.25) is 0 Å². The molecular weight excluding hydrogens is 294 g/mol. The van der Waals surface area contributed by atoms with Crippen LogP contribution in [0.5, 0.6) is 0 Å². The van der Waals surface area contributed by atoms with Gasteiger partial charge in [-0.05, 0) is 30.3 Å². The number of carbonyl (C=O) groups is 1. The van der Waals surface area contributed by atoms with Crippen LogP contribution < -0.4 is 5.32 Å². The molecule has 3 rings (SSSR count). The van der Waals surface area contributed by atoms with Crippen LogP contribution in [0.15, 0.2) is 36.4 Å². The minimum atomic E-state index is -0.140. The third-order valence-corrected chi connectivity index (χ3v) is 3.45. The molecule has 1 aromatic carbocycles. The summed E-state index contributed by atoms with van der Waals surface area (Å²) in [6.45, 7) is 2.24. The fourth-order valence-corrected chi connectivity index (χ4v) is 2.26. The third kappa shape index (κ3) is 3.62. The van der Waals surface area contributed by atoms with Crippen LogP contribution in [0, 0.1) is 11.3 Å². The molecule has 0 spiro atoms. The average molecular weight is 309 g/mol. The van der Waals surface area contributed by atoms with Crippen molar-refractivity contribution >= 4 is 17.4 Å². The lowest BCUT2D eigenvalue weighted by Gasteiger charge is -2.26. The van der Waals surface area contributed by atoms with Crippen molar-refractivity contribution in [2.24, 2.45) is 0 Å². The monoisotopic (exact) mass is 309 g/mol. The van der Waals surface area contributed by atoms with Gasteiger partial charge in [-0.2, -0.15) is 5.26 Å². The Kier molecular flexibility index (Phi) is 4.45. The molecule has 0 unspecified atom stereocenters. The van der Waals surface area contributed by atoms with Gasteiger partial charge in [-0.3, -0.25) is 4.79 Å². The molecule has 116 valence electrons. The molecule has 1 fully saturated rings. The summed E-state index contributed by atoms with van der Waals surface area (Å²) in [4.78, 5) is 14.0. The predicted molar refractivity (Wildman–Crippen MR) is 83.2 cm³/mol. The number of nitrogens with one attached hydrogen (secondary N) is 1. The number of nitrogens with zero attached hydrogens (tertiary/aromatic N) is 4. The molecule has 1 amide bonds. The molecule has 0 aliphatic carbocycles. The number of aromatic nitrogens is 2. The molecule has 0 bridgehead atoms. The highest BCUT2D eigenvalue weighted by Crippen LogP contribution is 2.15. The van der Waals surface area contributed by atoms with E-state index in [0.29, 0.717) is 43.4 Å². The molecule has 1 N–H and O–H groups in total. The van der Waals surface area contributed by atoms with Crippen molar-refractivity contribution in [2.45, 2.75) is 0 Å². The second-order valence-electron chi connectivity index (χ2n) is 5.03. The first-order valence-corrected chi connectivity index (χ1v) is 7.24. The number of nitriles is 1. The van der Waals surface area contributed by atoms with Crippen LogP contribution in [-0.2, 0) is 4.74 Å². The summed E-state index contributed by atoms with van der Waals surface area (Å²) in [5.74, 6) is 0.373. The van der Waals surface area contributed by atoms with E-state index in [1.807, 2.05) is 6.07 Å². The van der Waals surface area contributed by atoms with Gasteiger partial charge in [-0.15, -0.1) is 10.2 Å². The molecule has 0 radical (unpaired) electrons. The average Bonchev–Trinajstić information content (AvgIpc) is 2.63. The summed E-state index contributed by atoms with van der Waals surface area (Å²) in [5.41, 5.74) is 1.61. The summed E-state index contributed by atoms with van der Waals surface area (Å²) in [7, 11) is 0. The van der Waals surface area contributed by atoms with Gasteiger partial charge < -0.3 is 15.0 Å². The molecule has 0 atom stereocenters. The number of hydrogen-bond acceptors (Lipinski definition) is 6. The Labute approximate surface area is 133 Å².